The molecule has 2 aromatic rings. The SMILES string of the molecule is O=C(NCC1CCCNC1)c1csc(-c2cccc([N+](=O)[O-])c2)n1. The van der Waals surface area contributed by atoms with Crippen LogP contribution < -0.4 is 10.6 Å². The van der Waals surface area contributed by atoms with Gasteiger partial charge >= 0.3 is 0 Å². The summed E-state index contributed by atoms with van der Waals surface area (Å²) in [4.78, 5) is 26.9. The molecule has 1 amide bonds. The van der Waals surface area contributed by atoms with E-state index in [-0.39, 0.29) is 11.6 Å². The summed E-state index contributed by atoms with van der Waals surface area (Å²) in [5.41, 5.74) is 1.01. The maximum Gasteiger partial charge on any atom is 0.270 e. The highest BCUT2D eigenvalue weighted by Crippen LogP contribution is 2.26. The maximum atomic E-state index is 12.2. The minimum absolute atomic E-state index is 0.0125. The van der Waals surface area contributed by atoms with Crippen LogP contribution in [-0.2, 0) is 0 Å². The lowest BCUT2D eigenvalue weighted by atomic mass is 10.00. The van der Waals surface area contributed by atoms with Crippen LogP contribution in [0.25, 0.3) is 10.6 Å². The molecule has 2 N–H and O–H groups in total. The third-order valence-electron chi connectivity index (χ3n) is 3.99. The van der Waals surface area contributed by atoms with Crippen LogP contribution in [0.3, 0.4) is 0 Å². The summed E-state index contributed by atoms with van der Waals surface area (Å²) in [6.45, 7) is 2.61. The number of aromatic nitrogens is 1. The fraction of sp³-hybridized carbons (Fsp3) is 0.375. The number of hydrogen-bond acceptors (Lipinski definition) is 6. The van der Waals surface area contributed by atoms with Gasteiger partial charge in [-0.15, -0.1) is 11.3 Å². The molecule has 1 atom stereocenters. The van der Waals surface area contributed by atoms with E-state index in [0.29, 0.717) is 28.7 Å². The third kappa shape index (κ3) is 3.95. The Balaban J connectivity index is 1.65. The molecule has 1 unspecified atom stereocenters. The molecule has 8 heteroatoms. The second-order valence-corrected chi connectivity index (χ2v) is 6.63. The van der Waals surface area contributed by atoms with Gasteiger partial charge in [0.1, 0.15) is 10.7 Å². The number of nitro groups is 1. The van der Waals surface area contributed by atoms with Gasteiger partial charge in [-0.2, -0.15) is 0 Å². The molecular weight excluding hydrogens is 328 g/mol. The number of non-ortho nitro benzene ring substituents is 1. The fourth-order valence-corrected chi connectivity index (χ4v) is 3.49. The van der Waals surface area contributed by atoms with Crippen molar-refractivity contribution in [1.82, 2.24) is 15.6 Å². The van der Waals surface area contributed by atoms with Crippen LogP contribution in [0.15, 0.2) is 29.6 Å². The summed E-state index contributed by atoms with van der Waals surface area (Å²) in [5.74, 6) is 0.256. The van der Waals surface area contributed by atoms with Gasteiger partial charge < -0.3 is 10.6 Å². The van der Waals surface area contributed by atoms with Crippen LogP contribution in [0.2, 0.25) is 0 Å². The van der Waals surface area contributed by atoms with Crippen molar-refractivity contribution in [2.24, 2.45) is 5.92 Å². The minimum Gasteiger partial charge on any atom is -0.350 e. The van der Waals surface area contributed by atoms with Gasteiger partial charge in [-0.25, -0.2) is 4.98 Å². The van der Waals surface area contributed by atoms with E-state index in [0.717, 1.165) is 25.9 Å². The summed E-state index contributed by atoms with van der Waals surface area (Å²) in [5, 5.41) is 19.4. The molecule has 1 saturated heterocycles. The lowest BCUT2D eigenvalue weighted by Crippen LogP contribution is -2.38. The van der Waals surface area contributed by atoms with Gasteiger partial charge in [0, 0.05) is 29.6 Å². The Morgan fingerprint density at radius 2 is 2.38 bits per heavy atom. The van der Waals surface area contributed by atoms with Gasteiger partial charge in [-0.05, 0) is 31.8 Å². The molecule has 3 rings (SSSR count). The number of benzene rings is 1. The van der Waals surface area contributed by atoms with E-state index < -0.39 is 4.92 Å². The second kappa shape index (κ2) is 7.50. The number of hydrogen-bond donors (Lipinski definition) is 2. The summed E-state index contributed by atoms with van der Waals surface area (Å²) in [7, 11) is 0. The molecule has 7 nitrogen and oxygen atoms in total. The van der Waals surface area contributed by atoms with Crippen molar-refractivity contribution >= 4 is 22.9 Å². The molecule has 1 aromatic heterocycles. The molecule has 1 fully saturated rings. The molecule has 1 aromatic carbocycles. The number of nitrogens with zero attached hydrogens (tertiary/aromatic N) is 2. The lowest BCUT2D eigenvalue weighted by Gasteiger charge is -2.22. The monoisotopic (exact) mass is 346 g/mol. The number of nitro benzene ring substituents is 1. The predicted octanol–water partition coefficient (Wildman–Crippen LogP) is 2.45. The van der Waals surface area contributed by atoms with Crippen LogP contribution in [0, 0.1) is 16.0 Å². The third-order valence-corrected chi connectivity index (χ3v) is 4.88. The van der Waals surface area contributed by atoms with E-state index in [4.69, 9.17) is 0 Å². The number of nitrogens with one attached hydrogen (secondary N) is 2. The zero-order chi connectivity index (χ0) is 16.9. The van der Waals surface area contributed by atoms with Crippen molar-refractivity contribution in [3.8, 4) is 10.6 Å². The van der Waals surface area contributed by atoms with Crippen molar-refractivity contribution in [2.45, 2.75) is 12.8 Å². The number of rotatable bonds is 5. The number of thiazole rings is 1. The normalized spacial score (nSPS) is 17.4. The first-order chi connectivity index (χ1) is 11.6. The van der Waals surface area contributed by atoms with Gasteiger partial charge in [0.25, 0.3) is 11.6 Å². The first-order valence-corrected chi connectivity index (χ1v) is 8.71. The number of piperidine rings is 1. The number of carbonyl (C=O) groups is 1. The van der Waals surface area contributed by atoms with Crippen LogP contribution >= 0.6 is 11.3 Å². The van der Waals surface area contributed by atoms with Crippen molar-refractivity contribution in [3.63, 3.8) is 0 Å². The summed E-state index contributed by atoms with van der Waals surface area (Å²) >= 11 is 1.31. The molecule has 0 bridgehead atoms. The zero-order valence-corrected chi connectivity index (χ0v) is 13.8. The molecule has 126 valence electrons. The average molecular weight is 346 g/mol. The molecule has 1 aliphatic rings. The first kappa shape index (κ1) is 16.5. The number of carbonyl (C=O) groups excluding carboxylic acids is 1. The first-order valence-electron chi connectivity index (χ1n) is 7.83. The summed E-state index contributed by atoms with van der Waals surface area (Å²) in [6, 6.07) is 6.27. The van der Waals surface area contributed by atoms with E-state index in [9.17, 15) is 14.9 Å². The van der Waals surface area contributed by atoms with Gasteiger partial charge in [0.05, 0.1) is 4.92 Å². The smallest absolute Gasteiger partial charge is 0.270 e. The van der Waals surface area contributed by atoms with E-state index in [2.05, 4.69) is 15.6 Å². The Labute approximate surface area is 143 Å². The van der Waals surface area contributed by atoms with Gasteiger partial charge in [0.15, 0.2) is 0 Å². The molecule has 0 spiro atoms. The Morgan fingerprint density at radius 1 is 1.50 bits per heavy atom. The summed E-state index contributed by atoms with van der Waals surface area (Å²) < 4.78 is 0. The Kier molecular flexibility index (Phi) is 5.17. The van der Waals surface area contributed by atoms with E-state index in [1.165, 1.54) is 23.5 Å². The largest absolute Gasteiger partial charge is 0.350 e. The second-order valence-electron chi connectivity index (χ2n) is 5.77. The van der Waals surface area contributed by atoms with Gasteiger partial charge in [-0.1, -0.05) is 12.1 Å². The Bertz CT molecular complexity index is 740. The van der Waals surface area contributed by atoms with Crippen LogP contribution in [0.4, 0.5) is 5.69 Å². The highest BCUT2D eigenvalue weighted by Gasteiger charge is 2.17. The van der Waals surface area contributed by atoms with Crippen molar-refractivity contribution in [1.29, 1.82) is 0 Å². The molecular formula is C16H18N4O3S. The van der Waals surface area contributed by atoms with Gasteiger partial charge in [0.2, 0.25) is 0 Å². The maximum absolute atomic E-state index is 12.2. The Morgan fingerprint density at radius 3 is 3.12 bits per heavy atom. The highest BCUT2D eigenvalue weighted by molar-refractivity contribution is 7.13. The van der Waals surface area contributed by atoms with Crippen molar-refractivity contribution in [2.75, 3.05) is 19.6 Å². The molecule has 24 heavy (non-hydrogen) atoms. The lowest BCUT2D eigenvalue weighted by molar-refractivity contribution is -0.384. The standard InChI is InChI=1S/C16H18N4O3S/c21-15(18-9-11-3-2-6-17-8-11)14-10-24-16(19-14)12-4-1-5-13(7-12)20(22)23/h1,4-5,7,10-11,17H,2-3,6,8-9H2,(H,18,21). The highest BCUT2D eigenvalue weighted by atomic mass is 32.1. The fourth-order valence-electron chi connectivity index (χ4n) is 2.69. The molecule has 2 heterocycles. The van der Waals surface area contributed by atoms with E-state index in [1.54, 1.807) is 17.5 Å². The molecule has 1 aliphatic heterocycles. The minimum atomic E-state index is -0.442. The summed E-state index contributed by atoms with van der Waals surface area (Å²) in [6.07, 6.45) is 2.25. The molecule has 0 aliphatic carbocycles. The zero-order valence-electron chi connectivity index (χ0n) is 13.0. The van der Waals surface area contributed by atoms with Crippen LogP contribution in [0.5, 0.6) is 0 Å². The van der Waals surface area contributed by atoms with Crippen molar-refractivity contribution < 1.29 is 9.72 Å². The number of amides is 1. The Hall–Kier alpha value is -2.32. The molecule has 0 saturated carbocycles. The van der Waals surface area contributed by atoms with E-state index in [1.807, 2.05) is 0 Å². The predicted molar refractivity (Wildman–Crippen MR) is 92.1 cm³/mol. The van der Waals surface area contributed by atoms with Crippen LogP contribution in [0.1, 0.15) is 23.3 Å². The molecule has 0 radical (unpaired) electrons. The van der Waals surface area contributed by atoms with Crippen molar-refractivity contribution in [3.05, 3.63) is 45.5 Å². The average Bonchev–Trinajstić information content (AvgIpc) is 3.11. The topological polar surface area (TPSA) is 97.2 Å². The van der Waals surface area contributed by atoms with E-state index >= 15 is 0 Å². The van der Waals surface area contributed by atoms with Gasteiger partial charge in [-0.3, -0.25) is 14.9 Å². The quantitative estimate of drug-likeness (QED) is 0.640. The van der Waals surface area contributed by atoms with Crippen LogP contribution in [-0.4, -0.2) is 35.4 Å².